The molecule has 0 aliphatic rings. The molecular weight excluding hydrogens is 277 g/mol. The van der Waals surface area contributed by atoms with Crippen molar-refractivity contribution >= 4 is 11.6 Å². The van der Waals surface area contributed by atoms with Gasteiger partial charge < -0.3 is 4.74 Å². The molecule has 1 heterocycles. The third-order valence-electron chi connectivity index (χ3n) is 2.98. The van der Waals surface area contributed by atoms with E-state index in [9.17, 15) is 4.39 Å². The van der Waals surface area contributed by atoms with Gasteiger partial charge in [0.25, 0.3) is 0 Å². The molecular formula is C16H17ClFNO. The van der Waals surface area contributed by atoms with E-state index in [0.717, 1.165) is 16.8 Å². The van der Waals surface area contributed by atoms with E-state index in [1.807, 2.05) is 12.1 Å². The molecule has 0 amide bonds. The lowest BCUT2D eigenvalue weighted by molar-refractivity contribution is 0.453. The van der Waals surface area contributed by atoms with Crippen molar-refractivity contribution in [2.45, 2.75) is 32.6 Å². The fourth-order valence-corrected chi connectivity index (χ4v) is 2.00. The van der Waals surface area contributed by atoms with E-state index in [1.54, 1.807) is 13.0 Å². The topological polar surface area (TPSA) is 22.1 Å². The zero-order valence-corrected chi connectivity index (χ0v) is 12.5. The van der Waals surface area contributed by atoms with Gasteiger partial charge in [-0.15, -0.1) is 11.6 Å². The van der Waals surface area contributed by atoms with E-state index in [1.165, 1.54) is 12.1 Å². The Morgan fingerprint density at radius 3 is 2.60 bits per heavy atom. The molecule has 0 saturated heterocycles. The molecule has 2 nitrogen and oxygen atoms in total. The molecule has 106 valence electrons. The van der Waals surface area contributed by atoms with Crippen LogP contribution in [0.2, 0.25) is 0 Å². The van der Waals surface area contributed by atoms with Gasteiger partial charge in [0.1, 0.15) is 11.6 Å². The predicted octanol–water partition coefficient (Wildman–Crippen LogP) is 5.18. The molecule has 0 aliphatic heterocycles. The third-order valence-corrected chi connectivity index (χ3v) is 3.29. The number of aromatic nitrogens is 1. The van der Waals surface area contributed by atoms with Crippen LogP contribution in [0.5, 0.6) is 11.6 Å². The zero-order valence-electron chi connectivity index (χ0n) is 11.8. The van der Waals surface area contributed by atoms with Gasteiger partial charge in [0.15, 0.2) is 0 Å². The maximum absolute atomic E-state index is 13.1. The molecule has 2 rings (SSSR count). The van der Waals surface area contributed by atoms with Gasteiger partial charge in [-0.1, -0.05) is 13.8 Å². The van der Waals surface area contributed by atoms with Gasteiger partial charge >= 0.3 is 0 Å². The molecule has 0 unspecified atom stereocenters. The number of nitrogens with zero attached hydrogens (tertiary/aromatic N) is 1. The van der Waals surface area contributed by atoms with Crippen LogP contribution in [0.3, 0.4) is 0 Å². The van der Waals surface area contributed by atoms with Gasteiger partial charge in [0.2, 0.25) is 5.88 Å². The Bertz CT molecular complexity index is 613. The number of alkyl halides is 1. The molecule has 0 spiro atoms. The zero-order chi connectivity index (χ0) is 14.7. The van der Waals surface area contributed by atoms with E-state index >= 15 is 0 Å². The van der Waals surface area contributed by atoms with Gasteiger partial charge in [-0.25, -0.2) is 9.37 Å². The lowest BCUT2D eigenvalue weighted by atomic mass is 10.1. The summed E-state index contributed by atoms with van der Waals surface area (Å²) < 4.78 is 18.8. The second kappa shape index (κ2) is 6.23. The Kier molecular flexibility index (Phi) is 4.61. The van der Waals surface area contributed by atoms with Crippen molar-refractivity contribution in [2.75, 3.05) is 0 Å². The van der Waals surface area contributed by atoms with E-state index in [4.69, 9.17) is 16.3 Å². The average molecular weight is 294 g/mol. The highest BCUT2D eigenvalue weighted by molar-refractivity contribution is 6.17. The summed E-state index contributed by atoms with van der Waals surface area (Å²) in [6.45, 7) is 5.92. The van der Waals surface area contributed by atoms with Crippen molar-refractivity contribution in [2.24, 2.45) is 0 Å². The summed E-state index contributed by atoms with van der Waals surface area (Å²) in [6, 6.07) is 8.19. The molecule has 0 N–H and O–H groups in total. The lowest BCUT2D eigenvalue weighted by Crippen LogP contribution is -1.98. The Morgan fingerprint density at radius 2 is 2.00 bits per heavy atom. The van der Waals surface area contributed by atoms with Crippen LogP contribution in [0, 0.1) is 12.7 Å². The summed E-state index contributed by atoms with van der Waals surface area (Å²) >= 11 is 5.90. The average Bonchev–Trinajstić information content (AvgIpc) is 2.41. The minimum absolute atomic E-state index is 0.278. The molecule has 2 aromatic rings. The number of halogens is 2. The maximum Gasteiger partial charge on any atom is 0.219 e. The number of aryl methyl sites for hydroxylation is 1. The third kappa shape index (κ3) is 3.48. The molecule has 0 saturated carbocycles. The number of ether oxygens (including phenoxy) is 1. The smallest absolute Gasteiger partial charge is 0.219 e. The summed E-state index contributed by atoms with van der Waals surface area (Å²) in [5.74, 6) is 1.50. The number of pyridine rings is 1. The SMILES string of the molecule is Cc1cc(F)ccc1Oc1cc(CCl)cc(C(C)C)n1. The highest BCUT2D eigenvalue weighted by Gasteiger charge is 2.09. The summed E-state index contributed by atoms with van der Waals surface area (Å²) in [4.78, 5) is 4.47. The second-order valence-electron chi connectivity index (χ2n) is 5.04. The summed E-state index contributed by atoms with van der Waals surface area (Å²) in [5, 5.41) is 0. The molecule has 0 radical (unpaired) electrons. The quantitative estimate of drug-likeness (QED) is 0.724. The Morgan fingerprint density at radius 1 is 1.25 bits per heavy atom. The molecule has 1 aromatic heterocycles. The van der Waals surface area contributed by atoms with Crippen molar-refractivity contribution in [3.63, 3.8) is 0 Å². The minimum Gasteiger partial charge on any atom is -0.439 e. The monoisotopic (exact) mass is 293 g/mol. The highest BCUT2D eigenvalue weighted by atomic mass is 35.5. The second-order valence-corrected chi connectivity index (χ2v) is 5.31. The van der Waals surface area contributed by atoms with Crippen molar-refractivity contribution in [3.8, 4) is 11.6 Å². The van der Waals surface area contributed by atoms with Crippen LogP contribution in [-0.4, -0.2) is 4.98 Å². The minimum atomic E-state index is -0.278. The summed E-state index contributed by atoms with van der Waals surface area (Å²) in [6.07, 6.45) is 0. The van der Waals surface area contributed by atoms with Gasteiger partial charge in [0.05, 0.1) is 0 Å². The Balaban J connectivity index is 2.34. The van der Waals surface area contributed by atoms with Gasteiger partial charge in [-0.05, 0) is 48.2 Å². The predicted molar refractivity (Wildman–Crippen MR) is 79.1 cm³/mol. The molecule has 0 atom stereocenters. The van der Waals surface area contributed by atoms with Gasteiger partial charge in [-0.2, -0.15) is 0 Å². The fourth-order valence-electron chi connectivity index (χ4n) is 1.85. The van der Waals surface area contributed by atoms with Crippen molar-refractivity contribution in [3.05, 3.63) is 53.0 Å². The summed E-state index contributed by atoms with van der Waals surface area (Å²) in [7, 11) is 0. The molecule has 0 fully saturated rings. The van der Waals surface area contributed by atoms with Crippen molar-refractivity contribution < 1.29 is 9.13 Å². The first-order valence-corrected chi connectivity index (χ1v) is 7.04. The number of hydrogen-bond donors (Lipinski definition) is 0. The molecule has 4 heteroatoms. The number of rotatable bonds is 4. The van der Waals surface area contributed by atoms with E-state index in [-0.39, 0.29) is 11.7 Å². The van der Waals surface area contributed by atoms with E-state index in [0.29, 0.717) is 17.5 Å². The Labute approximate surface area is 123 Å². The summed E-state index contributed by atoms with van der Waals surface area (Å²) in [5.41, 5.74) is 2.62. The fraction of sp³-hybridized carbons (Fsp3) is 0.312. The van der Waals surface area contributed by atoms with Crippen LogP contribution in [0.15, 0.2) is 30.3 Å². The van der Waals surface area contributed by atoms with Gasteiger partial charge in [-0.3, -0.25) is 0 Å². The van der Waals surface area contributed by atoms with Crippen molar-refractivity contribution in [1.82, 2.24) is 4.98 Å². The molecule has 1 aromatic carbocycles. The van der Waals surface area contributed by atoms with Crippen LogP contribution >= 0.6 is 11.6 Å². The van der Waals surface area contributed by atoms with E-state index < -0.39 is 0 Å². The molecule has 20 heavy (non-hydrogen) atoms. The standard InChI is InChI=1S/C16H17ClFNO/c1-10(2)14-7-12(9-17)8-16(19-14)20-15-5-4-13(18)6-11(15)3/h4-8,10H,9H2,1-3H3. The lowest BCUT2D eigenvalue weighted by Gasteiger charge is -2.12. The first-order chi connectivity index (χ1) is 9.49. The van der Waals surface area contributed by atoms with Crippen LogP contribution in [0.4, 0.5) is 4.39 Å². The maximum atomic E-state index is 13.1. The van der Waals surface area contributed by atoms with Gasteiger partial charge in [0, 0.05) is 17.6 Å². The van der Waals surface area contributed by atoms with Crippen LogP contribution < -0.4 is 4.74 Å². The molecule has 0 bridgehead atoms. The first-order valence-electron chi connectivity index (χ1n) is 6.50. The van der Waals surface area contributed by atoms with Crippen LogP contribution in [0.25, 0.3) is 0 Å². The Hall–Kier alpha value is -1.61. The largest absolute Gasteiger partial charge is 0.439 e. The normalized spacial score (nSPS) is 10.9. The van der Waals surface area contributed by atoms with E-state index in [2.05, 4.69) is 18.8 Å². The number of benzene rings is 1. The highest BCUT2D eigenvalue weighted by Crippen LogP contribution is 2.27. The van der Waals surface area contributed by atoms with Crippen molar-refractivity contribution in [1.29, 1.82) is 0 Å². The van der Waals surface area contributed by atoms with Crippen LogP contribution in [-0.2, 0) is 5.88 Å². The molecule has 0 aliphatic carbocycles. The van der Waals surface area contributed by atoms with Crippen LogP contribution in [0.1, 0.15) is 36.6 Å². The number of hydrogen-bond acceptors (Lipinski definition) is 2. The first kappa shape index (κ1) is 14.8.